The maximum absolute atomic E-state index is 12.7. The van der Waals surface area contributed by atoms with Gasteiger partial charge >= 0.3 is 0 Å². The topological polar surface area (TPSA) is 78.1 Å². The first-order valence-corrected chi connectivity index (χ1v) is 10.3. The predicted octanol–water partition coefficient (Wildman–Crippen LogP) is 2.65. The van der Waals surface area contributed by atoms with Gasteiger partial charge in [-0.2, -0.15) is 5.10 Å². The number of rotatable bonds is 6. The van der Waals surface area contributed by atoms with Gasteiger partial charge in [-0.25, -0.2) is 0 Å². The summed E-state index contributed by atoms with van der Waals surface area (Å²) < 4.78 is 0. The third-order valence-electron chi connectivity index (χ3n) is 5.78. The second-order valence-electron chi connectivity index (χ2n) is 7.65. The summed E-state index contributed by atoms with van der Waals surface area (Å²) in [4.78, 5) is 26.7. The molecule has 2 N–H and O–H groups in total. The Morgan fingerprint density at radius 3 is 2.89 bits per heavy atom. The van der Waals surface area contributed by atoms with Crippen LogP contribution in [0.3, 0.4) is 0 Å². The Balaban J connectivity index is 1.29. The number of benzene rings is 1. The third kappa shape index (κ3) is 4.22. The molecule has 0 bridgehead atoms. The molecule has 4 rings (SSSR count). The smallest absolute Gasteiger partial charge is 0.225 e. The lowest BCUT2D eigenvalue weighted by Gasteiger charge is -2.32. The van der Waals surface area contributed by atoms with Gasteiger partial charge in [0.25, 0.3) is 0 Å². The van der Waals surface area contributed by atoms with Crippen molar-refractivity contribution in [2.45, 2.75) is 45.1 Å². The van der Waals surface area contributed by atoms with Crippen LogP contribution in [-0.4, -0.2) is 40.0 Å². The van der Waals surface area contributed by atoms with Crippen molar-refractivity contribution >= 4 is 23.4 Å². The van der Waals surface area contributed by atoms with Crippen LogP contribution in [-0.2, 0) is 35.4 Å². The zero-order valence-electron chi connectivity index (χ0n) is 15.8. The standard InChI is InChI=1S/C21H25ClN4O2/c22-16-7-4-14(5-8-16)10-11-26-13-15(6-9-20(26)27)21(28)23-12-19-17-2-1-3-18(17)24-25-19/h4-5,7-8,15H,1-3,6,9-13H2,(H,23,28)(H,24,25). The number of nitrogens with zero attached hydrogens (tertiary/aromatic N) is 2. The second kappa shape index (κ2) is 8.35. The number of hydrogen-bond donors (Lipinski definition) is 2. The van der Waals surface area contributed by atoms with Gasteiger partial charge in [0, 0.05) is 30.2 Å². The molecule has 2 heterocycles. The maximum atomic E-state index is 12.7. The van der Waals surface area contributed by atoms with E-state index in [1.807, 2.05) is 29.2 Å². The summed E-state index contributed by atoms with van der Waals surface area (Å²) in [5.74, 6) is -0.0169. The monoisotopic (exact) mass is 400 g/mol. The Hall–Kier alpha value is -2.34. The average Bonchev–Trinajstić information content (AvgIpc) is 3.31. The quantitative estimate of drug-likeness (QED) is 0.782. The molecule has 1 unspecified atom stereocenters. The number of carbonyl (C=O) groups is 2. The molecule has 0 saturated carbocycles. The highest BCUT2D eigenvalue weighted by Gasteiger charge is 2.30. The minimum atomic E-state index is -0.157. The molecule has 2 aliphatic rings. The van der Waals surface area contributed by atoms with Gasteiger partial charge in [0.05, 0.1) is 18.2 Å². The highest BCUT2D eigenvalue weighted by Crippen LogP contribution is 2.23. The number of piperidine rings is 1. The molecule has 1 fully saturated rings. The van der Waals surface area contributed by atoms with Crippen molar-refractivity contribution in [1.82, 2.24) is 20.4 Å². The zero-order chi connectivity index (χ0) is 19.5. The number of hydrogen-bond acceptors (Lipinski definition) is 3. The summed E-state index contributed by atoms with van der Waals surface area (Å²) in [6.07, 6.45) is 5.03. The molecule has 28 heavy (non-hydrogen) atoms. The molecular formula is C21H25ClN4O2. The number of carbonyl (C=O) groups excluding carboxylic acids is 2. The van der Waals surface area contributed by atoms with Crippen LogP contribution < -0.4 is 5.32 Å². The molecule has 1 aromatic carbocycles. The zero-order valence-corrected chi connectivity index (χ0v) is 16.6. The number of halogens is 1. The Morgan fingerprint density at radius 1 is 1.25 bits per heavy atom. The van der Waals surface area contributed by atoms with Gasteiger partial charge in [-0.3, -0.25) is 14.7 Å². The molecule has 1 aromatic heterocycles. The molecule has 2 amide bonds. The van der Waals surface area contributed by atoms with E-state index in [0.29, 0.717) is 37.5 Å². The number of aromatic amines is 1. The van der Waals surface area contributed by atoms with Crippen LogP contribution in [0.25, 0.3) is 0 Å². The third-order valence-corrected chi connectivity index (χ3v) is 6.03. The fraction of sp³-hybridized carbons (Fsp3) is 0.476. The van der Waals surface area contributed by atoms with Gasteiger partial charge in [-0.05, 0) is 55.4 Å². The summed E-state index contributed by atoms with van der Waals surface area (Å²) in [7, 11) is 0. The highest BCUT2D eigenvalue weighted by atomic mass is 35.5. The Bertz CT molecular complexity index is 862. The number of aryl methyl sites for hydroxylation is 1. The van der Waals surface area contributed by atoms with Gasteiger partial charge in [-0.15, -0.1) is 0 Å². The van der Waals surface area contributed by atoms with Crippen LogP contribution in [0.15, 0.2) is 24.3 Å². The lowest BCUT2D eigenvalue weighted by Crippen LogP contribution is -2.46. The summed E-state index contributed by atoms with van der Waals surface area (Å²) in [6, 6.07) is 7.67. The van der Waals surface area contributed by atoms with Crippen molar-refractivity contribution in [3.8, 4) is 0 Å². The fourth-order valence-electron chi connectivity index (χ4n) is 4.11. The predicted molar refractivity (Wildman–Crippen MR) is 107 cm³/mol. The second-order valence-corrected chi connectivity index (χ2v) is 8.09. The van der Waals surface area contributed by atoms with Crippen LogP contribution in [0.5, 0.6) is 0 Å². The minimum absolute atomic E-state index is 0.0127. The van der Waals surface area contributed by atoms with Crippen molar-refractivity contribution < 1.29 is 9.59 Å². The van der Waals surface area contributed by atoms with E-state index in [2.05, 4.69) is 15.5 Å². The Labute approximate surface area is 169 Å². The summed E-state index contributed by atoms with van der Waals surface area (Å²) in [5, 5.41) is 11.1. The normalized spacial score (nSPS) is 19.0. The van der Waals surface area contributed by atoms with E-state index in [4.69, 9.17) is 11.6 Å². The fourth-order valence-corrected chi connectivity index (χ4v) is 4.24. The van der Waals surface area contributed by atoms with Gasteiger partial charge in [-0.1, -0.05) is 23.7 Å². The molecule has 2 aromatic rings. The first-order valence-electron chi connectivity index (χ1n) is 9.95. The molecule has 148 valence electrons. The van der Waals surface area contributed by atoms with Crippen LogP contribution >= 0.6 is 11.6 Å². The highest BCUT2D eigenvalue weighted by molar-refractivity contribution is 6.30. The number of nitrogens with one attached hydrogen (secondary N) is 2. The Morgan fingerprint density at radius 2 is 2.07 bits per heavy atom. The molecule has 1 aliphatic heterocycles. The van der Waals surface area contributed by atoms with E-state index in [-0.39, 0.29) is 17.7 Å². The van der Waals surface area contributed by atoms with E-state index in [9.17, 15) is 9.59 Å². The largest absolute Gasteiger partial charge is 0.350 e. The van der Waals surface area contributed by atoms with E-state index in [1.165, 1.54) is 11.3 Å². The van der Waals surface area contributed by atoms with Gasteiger partial charge < -0.3 is 10.2 Å². The van der Waals surface area contributed by atoms with Crippen molar-refractivity contribution in [2.24, 2.45) is 5.92 Å². The van der Waals surface area contributed by atoms with Gasteiger partial charge in [0.1, 0.15) is 0 Å². The average molecular weight is 401 g/mol. The van der Waals surface area contributed by atoms with Crippen molar-refractivity contribution in [3.05, 3.63) is 51.8 Å². The summed E-state index contributed by atoms with van der Waals surface area (Å²) >= 11 is 5.92. The van der Waals surface area contributed by atoms with E-state index in [0.717, 1.165) is 36.9 Å². The molecule has 1 atom stereocenters. The summed E-state index contributed by atoms with van der Waals surface area (Å²) in [6.45, 7) is 1.56. The number of H-pyrrole nitrogens is 1. The maximum Gasteiger partial charge on any atom is 0.225 e. The molecule has 1 saturated heterocycles. The van der Waals surface area contributed by atoms with E-state index in [1.54, 1.807) is 0 Å². The van der Waals surface area contributed by atoms with Crippen LogP contribution in [0.2, 0.25) is 5.02 Å². The van der Waals surface area contributed by atoms with Crippen molar-refractivity contribution in [1.29, 1.82) is 0 Å². The van der Waals surface area contributed by atoms with Crippen LogP contribution in [0.1, 0.15) is 41.8 Å². The molecule has 1 aliphatic carbocycles. The molecule has 0 radical (unpaired) electrons. The lowest BCUT2D eigenvalue weighted by atomic mass is 9.96. The van der Waals surface area contributed by atoms with Crippen molar-refractivity contribution in [2.75, 3.05) is 13.1 Å². The minimum Gasteiger partial charge on any atom is -0.350 e. The number of aromatic nitrogens is 2. The molecule has 0 spiro atoms. The first-order chi connectivity index (χ1) is 13.6. The first kappa shape index (κ1) is 19.0. The van der Waals surface area contributed by atoms with Crippen LogP contribution in [0.4, 0.5) is 0 Å². The summed E-state index contributed by atoms with van der Waals surface area (Å²) in [5.41, 5.74) is 4.56. The molecule has 6 nitrogen and oxygen atoms in total. The molecular weight excluding hydrogens is 376 g/mol. The molecule has 7 heteroatoms. The lowest BCUT2D eigenvalue weighted by molar-refractivity contribution is -0.138. The van der Waals surface area contributed by atoms with Crippen LogP contribution in [0, 0.1) is 5.92 Å². The Kier molecular flexibility index (Phi) is 5.67. The van der Waals surface area contributed by atoms with E-state index < -0.39 is 0 Å². The number of likely N-dealkylation sites (tertiary alicyclic amines) is 1. The van der Waals surface area contributed by atoms with Crippen molar-refractivity contribution in [3.63, 3.8) is 0 Å². The van der Waals surface area contributed by atoms with Gasteiger partial charge in [0.2, 0.25) is 11.8 Å². The SMILES string of the molecule is O=C(NCc1n[nH]c2c1CCC2)C1CCC(=O)N(CCc2ccc(Cl)cc2)C1. The number of fused-ring (bicyclic) bond motifs is 1. The van der Waals surface area contributed by atoms with E-state index >= 15 is 0 Å². The van der Waals surface area contributed by atoms with Gasteiger partial charge in [0.15, 0.2) is 0 Å². The number of amides is 2.